The van der Waals surface area contributed by atoms with Crippen LogP contribution >= 0.6 is 0 Å². The molecule has 3 rings (SSSR count). The third-order valence-electron chi connectivity index (χ3n) is 5.82. The SMILES string of the molecule is Cn1c(N)c(C(=O)COC(=O)CCN2C(=O)[C@H]3CCCC[C@@H]3C2=O)c(=O)n(C)c1=O. The van der Waals surface area contributed by atoms with Gasteiger partial charge in [-0.15, -0.1) is 0 Å². The van der Waals surface area contributed by atoms with E-state index < -0.39 is 35.2 Å². The minimum atomic E-state index is -0.882. The first kappa shape index (κ1) is 21.5. The second-order valence-electron chi connectivity index (χ2n) is 7.63. The van der Waals surface area contributed by atoms with Crippen molar-refractivity contribution in [2.45, 2.75) is 32.1 Å². The summed E-state index contributed by atoms with van der Waals surface area (Å²) >= 11 is 0. The van der Waals surface area contributed by atoms with Gasteiger partial charge in [-0.2, -0.15) is 0 Å². The molecule has 1 aliphatic carbocycles. The Bertz CT molecular complexity index is 1010. The Morgan fingerprint density at radius 1 is 1.00 bits per heavy atom. The lowest BCUT2D eigenvalue weighted by atomic mass is 9.81. The van der Waals surface area contributed by atoms with Gasteiger partial charge in [0.25, 0.3) is 5.56 Å². The van der Waals surface area contributed by atoms with Crippen molar-refractivity contribution in [2.24, 2.45) is 25.9 Å². The number of nitrogens with two attached hydrogens (primary N) is 1. The average molecular weight is 420 g/mol. The van der Waals surface area contributed by atoms with E-state index in [1.54, 1.807) is 0 Å². The maximum Gasteiger partial charge on any atom is 0.332 e. The van der Waals surface area contributed by atoms with Gasteiger partial charge in [-0.1, -0.05) is 12.8 Å². The number of ether oxygens (including phenoxy) is 1. The normalized spacial score (nSPS) is 20.9. The van der Waals surface area contributed by atoms with E-state index in [0.29, 0.717) is 12.8 Å². The Morgan fingerprint density at radius 3 is 2.13 bits per heavy atom. The van der Waals surface area contributed by atoms with Gasteiger partial charge in [-0.25, -0.2) is 4.79 Å². The number of aromatic nitrogens is 2. The van der Waals surface area contributed by atoms with E-state index in [0.717, 1.165) is 26.9 Å². The highest BCUT2D eigenvalue weighted by atomic mass is 16.5. The molecule has 0 radical (unpaired) electrons. The van der Waals surface area contributed by atoms with Crippen LogP contribution in [0.3, 0.4) is 0 Å². The number of hydrogen-bond acceptors (Lipinski definition) is 8. The van der Waals surface area contributed by atoms with Gasteiger partial charge < -0.3 is 10.5 Å². The van der Waals surface area contributed by atoms with Crippen LogP contribution in [0.4, 0.5) is 5.82 Å². The van der Waals surface area contributed by atoms with Gasteiger partial charge in [-0.3, -0.25) is 38.0 Å². The highest BCUT2D eigenvalue weighted by Crippen LogP contribution is 2.37. The molecule has 2 heterocycles. The van der Waals surface area contributed by atoms with Crippen molar-refractivity contribution < 1.29 is 23.9 Å². The Morgan fingerprint density at radius 2 is 1.57 bits per heavy atom. The van der Waals surface area contributed by atoms with Gasteiger partial charge in [0, 0.05) is 20.6 Å². The third-order valence-corrected chi connectivity index (χ3v) is 5.82. The Labute approximate surface area is 171 Å². The highest BCUT2D eigenvalue weighted by Gasteiger charge is 2.47. The molecule has 2 aliphatic rings. The van der Waals surface area contributed by atoms with E-state index in [2.05, 4.69) is 0 Å². The van der Waals surface area contributed by atoms with E-state index in [4.69, 9.17) is 10.5 Å². The summed E-state index contributed by atoms with van der Waals surface area (Å²) < 4.78 is 6.57. The lowest BCUT2D eigenvalue weighted by Crippen LogP contribution is -2.42. The second-order valence-corrected chi connectivity index (χ2v) is 7.63. The van der Waals surface area contributed by atoms with Crippen LogP contribution in [-0.4, -0.2) is 50.8 Å². The maximum absolute atomic E-state index is 12.4. The van der Waals surface area contributed by atoms with E-state index in [-0.39, 0.29) is 42.4 Å². The number of nitrogen functional groups attached to an aromatic ring is 1. The number of esters is 1. The number of Topliss-reactive ketones (excluding diaryl/α,β-unsaturated/α-hetero) is 1. The van der Waals surface area contributed by atoms with Gasteiger partial charge in [0.2, 0.25) is 17.6 Å². The number of carbonyl (C=O) groups excluding carboxylic acids is 4. The zero-order chi connectivity index (χ0) is 22.2. The van der Waals surface area contributed by atoms with Crippen LogP contribution in [0.15, 0.2) is 9.59 Å². The minimum absolute atomic E-state index is 0.110. The van der Waals surface area contributed by atoms with Crippen molar-refractivity contribution in [1.29, 1.82) is 0 Å². The first-order valence-corrected chi connectivity index (χ1v) is 9.74. The fraction of sp³-hybridized carbons (Fsp3) is 0.579. The van der Waals surface area contributed by atoms with Crippen LogP contribution < -0.4 is 17.0 Å². The van der Waals surface area contributed by atoms with Gasteiger partial charge in [0.05, 0.1) is 18.3 Å². The summed E-state index contributed by atoms with van der Waals surface area (Å²) in [7, 11) is 2.51. The van der Waals surface area contributed by atoms with Crippen LogP contribution in [0, 0.1) is 11.8 Å². The Hall–Kier alpha value is -3.24. The van der Waals surface area contributed by atoms with E-state index >= 15 is 0 Å². The van der Waals surface area contributed by atoms with Crippen molar-refractivity contribution in [1.82, 2.24) is 14.0 Å². The molecule has 2 N–H and O–H groups in total. The van der Waals surface area contributed by atoms with Crippen molar-refractivity contribution in [3.05, 3.63) is 26.4 Å². The van der Waals surface area contributed by atoms with Crippen molar-refractivity contribution >= 4 is 29.4 Å². The maximum atomic E-state index is 12.4. The standard InChI is InChI=1S/C19H24N4O7/c1-21-15(20)14(18(28)22(2)19(21)29)12(24)9-30-13(25)7-8-23-16(26)10-5-3-4-6-11(10)17(23)27/h10-11H,3-9,20H2,1-2H3/t10-,11-/m0/s1. The number of amides is 2. The summed E-state index contributed by atoms with van der Waals surface area (Å²) in [6.07, 6.45) is 2.92. The topological polar surface area (TPSA) is 151 Å². The molecule has 1 aromatic rings. The predicted octanol–water partition coefficient (Wildman–Crippen LogP) is -1.04. The van der Waals surface area contributed by atoms with Crippen LogP contribution in [0.1, 0.15) is 42.5 Å². The molecular formula is C19H24N4O7. The average Bonchev–Trinajstić information content (AvgIpc) is 2.98. The number of rotatable bonds is 6. The Kier molecular flexibility index (Phi) is 5.90. The molecule has 2 fully saturated rings. The van der Waals surface area contributed by atoms with Gasteiger partial charge in [0.1, 0.15) is 11.4 Å². The zero-order valence-corrected chi connectivity index (χ0v) is 16.9. The zero-order valence-electron chi connectivity index (χ0n) is 16.9. The molecule has 11 nitrogen and oxygen atoms in total. The molecule has 11 heteroatoms. The minimum Gasteiger partial charge on any atom is -0.457 e. The van der Waals surface area contributed by atoms with Crippen LogP contribution in [0.25, 0.3) is 0 Å². The molecular weight excluding hydrogens is 396 g/mol. The molecule has 1 aromatic heterocycles. The second kappa shape index (κ2) is 8.25. The quantitative estimate of drug-likeness (QED) is 0.348. The number of anilines is 1. The first-order valence-electron chi connectivity index (χ1n) is 9.74. The van der Waals surface area contributed by atoms with Gasteiger partial charge in [0.15, 0.2) is 6.61 Å². The number of fused-ring (bicyclic) bond motifs is 1. The molecule has 0 unspecified atom stereocenters. The van der Waals surface area contributed by atoms with Gasteiger partial charge in [-0.05, 0) is 12.8 Å². The molecule has 2 amide bonds. The van der Waals surface area contributed by atoms with Crippen molar-refractivity contribution in [3.63, 3.8) is 0 Å². The first-order chi connectivity index (χ1) is 14.1. The van der Waals surface area contributed by atoms with Crippen LogP contribution in [-0.2, 0) is 33.2 Å². The predicted molar refractivity (Wildman–Crippen MR) is 103 cm³/mol. The molecule has 1 aliphatic heterocycles. The highest BCUT2D eigenvalue weighted by molar-refractivity contribution is 6.05. The smallest absolute Gasteiger partial charge is 0.332 e. The monoisotopic (exact) mass is 420 g/mol. The molecule has 2 atom stereocenters. The van der Waals surface area contributed by atoms with E-state index in [1.807, 2.05) is 0 Å². The summed E-state index contributed by atoms with van der Waals surface area (Å²) in [6, 6.07) is 0. The lowest BCUT2D eigenvalue weighted by molar-refractivity contribution is -0.145. The molecule has 162 valence electrons. The van der Waals surface area contributed by atoms with Crippen LogP contribution in [0.2, 0.25) is 0 Å². The van der Waals surface area contributed by atoms with Crippen molar-refractivity contribution in [3.8, 4) is 0 Å². The summed E-state index contributed by atoms with van der Waals surface area (Å²) in [4.78, 5) is 74.2. The molecule has 1 saturated carbocycles. The number of likely N-dealkylation sites (tertiary alicyclic amines) is 1. The summed E-state index contributed by atoms with van der Waals surface area (Å²) in [6.45, 7) is -0.856. The van der Waals surface area contributed by atoms with Crippen molar-refractivity contribution in [2.75, 3.05) is 18.9 Å². The number of nitrogens with zero attached hydrogens (tertiary/aromatic N) is 3. The number of imide groups is 1. The van der Waals surface area contributed by atoms with E-state index in [9.17, 15) is 28.8 Å². The fourth-order valence-electron chi connectivity index (χ4n) is 4.07. The molecule has 1 saturated heterocycles. The summed E-state index contributed by atoms with van der Waals surface area (Å²) in [5.41, 5.74) is 3.68. The molecule has 0 bridgehead atoms. The largest absolute Gasteiger partial charge is 0.457 e. The van der Waals surface area contributed by atoms with Gasteiger partial charge >= 0.3 is 11.7 Å². The van der Waals surface area contributed by atoms with Crippen LogP contribution in [0.5, 0.6) is 0 Å². The van der Waals surface area contributed by atoms with E-state index in [1.165, 1.54) is 14.1 Å². The fourth-order valence-corrected chi connectivity index (χ4v) is 4.07. The summed E-state index contributed by atoms with van der Waals surface area (Å²) in [5, 5.41) is 0. The number of carbonyl (C=O) groups is 4. The molecule has 30 heavy (non-hydrogen) atoms. The number of hydrogen-bond donors (Lipinski definition) is 1. The third kappa shape index (κ3) is 3.66. The molecule has 0 spiro atoms. The lowest BCUT2D eigenvalue weighted by Gasteiger charge is -2.19. The summed E-state index contributed by atoms with van der Waals surface area (Å²) in [5.74, 6) is -3.07. The number of ketones is 1. The molecule has 0 aromatic carbocycles. The Balaban J connectivity index is 1.59.